The van der Waals surface area contributed by atoms with E-state index in [9.17, 15) is 4.39 Å². The molecule has 104 valence electrons. The number of nitrogens with zero attached hydrogens (tertiary/aromatic N) is 1. The Morgan fingerprint density at radius 2 is 2.05 bits per heavy atom. The van der Waals surface area contributed by atoms with E-state index >= 15 is 0 Å². The Balaban J connectivity index is 1.90. The third-order valence-corrected chi connectivity index (χ3v) is 3.83. The number of para-hydroxylation sites is 2. The maximum absolute atomic E-state index is 13.2. The highest BCUT2D eigenvalue weighted by atomic mass is 19.1. The van der Waals surface area contributed by atoms with Crippen molar-refractivity contribution in [3.05, 3.63) is 59.4 Å². The summed E-state index contributed by atoms with van der Waals surface area (Å²) in [5, 5.41) is 3.46. The molecule has 2 aromatic carbocycles. The molecular weight excluding hydrogens is 251 g/mol. The zero-order valence-corrected chi connectivity index (χ0v) is 11.7. The average Bonchev–Trinajstić information content (AvgIpc) is 2.65. The summed E-state index contributed by atoms with van der Waals surface area (Å²) in [5.74, 6) is -0.163. The van der Waals surface area contributed by atoms with Crippen molar-refractivity contribution in [3.63, 3.8) is 0 Å². The lowest BCUT2D eigenvalue weighted by Crippen LogP contribution is -2.23. The van der Waals surface area contributed by atoms with Gasteiger partial charge in [0.15, 0.2) is 0 Å². The van der Waals surface area contributed by atoms with Gasteiger partial charge in [-0.25, -0.2) is 4.39 Å². The van der Waals surface area contributed by atoms with Crippen molar-refractivity contribution < 1.29 is 4.39 Å². The van der Waals surface area contributed by atoms with E-state index in [0.717, 1.165) is 31.6 Å². The highest BCUT2D eigenvalue weighted by Gasteiger charge is 2.15. The lowest BCUT2D eigenvalue weighted by Gasteiger charge is -2.25. The molecule has 0 saturated carbocycles. The van der Waals surface area contributed by atoms with Gasteiger partial charge in [0.05, 0.1) is 11.4 Å². The SMILES string of the molecule is Cc1cc(F)ccc1CN1CCCNc2ccccc21. The van der Waals surface area contributed by atoms with E-state index in [1.807, 2.05) is 13.0 Å². The first-order valence-electron chi connectivity index (χ1n) is 7.07. The van der Waals surface area contributed by atoms with Gasteiger partial charge in [-0.2, -0.15) is 0 Å². The van der Waals surface area contributed by atoms with E-state index in [4.69, 9.17) is 0 Å². The van der Waals surface area contributed by atoms with Gasteiger partial charge in [-0.05, 0) is 48.7 Å². The summed E-state index contributed by atoms with van der Waals surface area (Å²) in [7, 11) is 0. The zero-order chi connectivity index (χ0) is 13.9. The van der Waals surface area contributed by atoms with E-state index in [2.05, 4.69) is 34.5 Å². The van der Waals surface area contributed by atoms with Crippen molar-refractivity contribution in [2.24, 2.45) is 0 Å². The molecule has 0 atom stereocenters. The molecule has 0 aromatic heterocycles. The molecule has 1 heterocycles. The Hall–Kier alpha value is -2.03. The molecule has 0 saturated heterocycles. The van der Waals surface area contributed by atoms with Crippen LogP contribution in [0.25, 0.3) is 0 Å². The Labute approximate surface area is 119 Å². The van der Waals surface area contributed by atoms with Crippen LogP contribution in [0.4, 0.5) is 15.8 Å². The molecule has 0 radical (unpaired) electrons. The summed E-state index contributed by atoms with van der Waals surface area (Å²) >= 11 is 0. The Morgan fingerprint density at radius 1 is 1.20 bits per heavy atom. The molecule has 3 heteroatoms. The summed E-state index contributed by atoms with van der Waals surface area (Å²) < 4.78 is 13.2. The highest BCUT2D eigenvalue weighted by Crippen LogP contribution is 2.29. The number of rotatable bonds is 2. The summed E-state index contributed by atoms with van der Waals surface area (Å²) in [5.41, 5.74) is 4.61. The van der Waals surface area contributed by atoms with E-state index in [-0.39, 0.29) is 5.82 Å². The van der Waals surface area contributed by atoms with E-state index < -0.39 is 0 Å². The highest BCUT2D eigenvalue weighted by molar-refractivity contribution is 5.70. The second-order valence-electron chi connectivity index (χ2n) is 5.29. The maximum Gasteiger partial charge on any atom is 0.123 e. The van der Waals surface area contributed by atoms with Crippen LogP contribution < -0.4 is 10.2 Å². The van der Waals surface area contributed by atoms with Crippen molar-refractivity contribution in [3.8, 4) is 0 Å². The van der Waals surface area contributed by atoms with Crippen LogP contribution in [-0.4, -0.2) is 13.1 Å². The molecule has 3 rings (SSSR count). The van der Waals surface area contributed by atoms with E-state index in [0.29, 0.717) is 0 Å². The number of aryl methyl sites for hydroxylation is 1. The lowest BCUT2D eigenvalue weighted by atomic mass is 10.1. The van der Waals surface area contributed by atoms with E-state index in [1.165, 1.54) is 16.9 Å². The quantitative estimate of drug-likeness (QED) is 0.888. The Morgan fingerprint density at radius 3 is 2.90 bits per heavy atom. The minimum Gasteiger partial charge on any atom is -0.383 e. The average molecular weight is 270 g/mol. The molecule has 20 heavy (non-hydrogen) atoms. The maximum atomic E-state index is 13.2. The molecule has 0 spiro atoms. The second-order valence-corrected chi connectivity index (χ2v) is 5.29. The number of fused-ring (bicyclic) bond motifs is 1. The molecule has 1 aliphatic heterocycles. The first-order chi connectivity index (χ1) is 9.74. The minimum absolute atomic E-state index is 0.163. The largest absolute Gasteiger partial charge is 0.383 e. The van der Waals surface area contributed by atoms with Gasteiger partial charge >= 0.3 is 0 Å². The number of anilines is 2. The Bertz CT molecular complexity index is 610. The van der Waals surface area contributed by atoms with Crippen LogP contribution in [0.15, 0.2) is 42.5 Å². The molecular formula is C17H19FN2. The summed E-state index contributed by atoms with van der Waals surface area (Å²) in [6.45, 7) is 4.81. The molecule has 1 N–H and O–H groups in total. The number of hydrogen-bond donors (Lipinski definition) is 1. The first-order valence-corrected chi connectivity index (χ1v) is 7.07. The first kappa shape index (κ1) is 13.0. The predicted octanol–water partition coefficient (Wildman–Crippen LogP) is 3.96. The summed E-state index contributed by atoms with van der Waals surface area (Å²) in [4.78, 5) is 2.37. The molecule has 0 unspecified atom stereocenters. The fourth-order valence-electron chi connectivity index (χ4n) is 2.72. The van der Waals surface area contributed by atoms with Crippen molar-refractivity contribution in [1.29, 1.82) is 0 Å². The van der Waals surface area contributed by atoms with Crippen LogP contribution >= 0.6 is 0 Å². The summed E-state index contributed by atoms with van der Waals surface area (Å²) in [6.07, 6.45) is 1.11. The van der Waals surface area contributed by atoms with Gasteiger partial charge < -0.3 is 10.2 Å². The minimum atomic E-state index is -0.163. The number of halogens is 1. The lowest BCUT2D eigenvalue weighted by molar-refractivity contribution is 0.625. The van der Waals surface area contributed by atoms with Crippen LogP contribution in [0.1, 0.15) is 17.5 Å². The van der Waals surface area contributed by atoms with Gasteiger partial charge in [0.1, 0.15) is 5.82 Å². The molecule has 0 bridgehead atoms. The fraction of sp³-hybridized carbons (Fsp3) is 0.294. The van der Waals surface area contributed by atoms with Crippen LogP contribution in [0.5, 0.6) is 0 Å². The topological polar surface area (TPSA) is 15.3 Å². The van der Waals surface area contributed by atoms with Gasteiger partial charge in [-0.1, -0.05) is 18.2 Å². The van der Waals surface area contributed by atoms with Crippen LogP contribution in [0, 0.1) is 12.7 Å². The number of benzene rings is 2. The van der Waals surface area contributed by atoms with Crippen LogP contribution in [0.3, 0.4) is 0 Å². The third-order valence-electron chi connectivity index (χ3n) is 3.83. The monoisotopic (exact) mass is 270 g/mol. The zero-order valence-electron chi connectivity index (χ0n) is 11.7. The van der Waals surface area contributed by atoms with Gasteiger partial charge in [0, 0.05) is 19.6 Å². The fourth-order valence-corrected chi connectivity index (χ4v) is 2.72. The molecule has 2 nitrogen and oxygen atoms in total. The molecule has 0 amide bonds. The van der Waals surface area contributed by atoms with Crippen molar-refractivity contribution in [2.75, 3.05) is 23.3 Å². The van der Waals surface area contributed by atoms with Gasteiger partial charge in [0.25, 0.3) is 0 Å². The Kier molecular flexibility index (Phi) is 3.59. The number of nitrogens with one attached hydrogen (secondary N) is 1. The van der Waals surface area contributed by atoms with Crippen LogP contribution in [-0.2, 0) is 6.54 Å². The van der Waals surface area contributed by atoms with Gasteiger partial charge in [0.2, 0.25) is 0 Å². The summed E-state index contributed by atoms with van der Waals surface area (Å²) in [6, 6.07) is 13.4. The van der Waals surface area contributed by atoms with Crippen molar-refractivity contribution in [2.45, 2.75) is 19.9 Å². The normalized spacial score (nSPS) is 14.4. The van der Waals surface area contributed by atoms with Gasteiger partial charge in [-0.15, -0.1) is 0 Å². The third kappa shape index (κ3) is 2.62. The van der Waals surface area contributed by atoms with Crippen molar-refractivity contribution in [1.82, 2.24) is 0 Å². The molecule has 0 aliphatic carbocycles. The second kappa shape index (κ2) is 5.53. The predicted molar refractivity (Wildman–Crippen MR) is 81.7 cm³/mol. The smallest absolute Gasteiger partial charge is 0.123 e. The molecule has 2 aromatic rings. The van der Waals surface area contributed by atoms with Crippen LogP contribution in [0.2, 0.25) is 0 Å². The van der Waals surface area contributed by atoms with Gasteiger partial charge in [-0.3, -0.25) is 0 Å². The van der Waals surface area contributed by atoms with Crippen molar-refractivity contribution >= 4 is 11.4 Å². The number of hydrogen-bond acceptors (Lipinski definition) is 2. The van der Waals surface area contributed by atoms with E-state index in [1.54, 1.807) is 12.1 Å². The molecule has 1 aliphatic rings. The molecule has 0 fully saturated rings. The standard InChI is InChI=1S/C17H19FN2/c1-13-11-15(18)8-7-14(13)12-20-10-4-9-19-16-5-2-3-6-17(16)20/h2-3,5-8,11,19H,4,9-10,12H2,1H3.